The molecule has 0 radical (unpaired) electrons. The molecule has 0 bridgehead atoms. The molecule has 0 fully saturated rings. The van der Waals surface area contributed by atoms with Gasteiger partial charge in [-0.25, -0.2) is 0 Å². The smallest absolute Gasteiger partial charge is 0.252 e. The van der Waals surface area contributed by atoms with Gasteiger partial charge in [-0.2, -0.15) is 0 Å². The third-order valence-corrected chi connectivity index (χ3v) is 3.75. The third-order valence-electron chi connectivity index (χ3n) is 3.75. The average Bonchev–Trinajstić information content (AvgIpc) is 2.64. The highest BCUT2D eigenvalue weighted by molar-refractivity contribution is 5.95. The molecule has 2 rings (SSSR count). The number of aromatic hydroxyl groups is 1. The van der Waals surface area contributed by atoms with E-state index in [2.05, 4.69) is 5.32 Å². The molecule has 2 aromatic carbocycles. The maximum absolute atomic E-state index is 12.0. The van der Waals surface area contributed by atoms with E-state index in [-0.39, 0.29) is 29.9 Å². The molecule has 1 unspecified atom stereocenters. The standard InChI is InChI=1S/C20H22N2O4/c1-2-15(22-19(24)11-8-14-6-4-3-5-7-14)13-26-16-9-10-17(20(21)25)18(23)12-16/h3-12,15,23H,2,13H2,1H3,(H2,21,25)(H,22,24)/b11-8+. The number of benzene rings is 2. The molecule has 6 heteroatoms. The Balaban J connectivity index is 1.89. The third kappa shape index (κ3) is 5.66. The Labute approximate surface area is 152 Å². The van der Waals surface area contributed by atoms with E-state index in [1.807, 2.05) is 37.3 Å². The zero-order valence-corrected chi connectivity index (χ0v) is 14.5. The number of amides is 2. The SMILES string of the molecule is CCC(COc1ccc(C(N)=O)c(O)c1)NC(=O)/C=C/c1ccccc1. The van der Waals surface area contributed by atoms with E-state index in [1.54, 1.807) is 12.1 Å². The minimum absolute atomic E-state index is 0.0312. The lowest BCUT2D eigenvalue weighted by molar-refractivity contribution is -0.117. The fourth-order valence-electron chi connectivity index (χ4n) is 2.25. The molecular weight excluding hydrogens is 332 g/mol. The van der Waals surface area contributed by atoms with Gasteiger partial charge in [0.25, 0.3) is 5.91 Å². The highest BCUT2D eigenvalue weighted by Crippen LogP contribution is 2.23. The van der Waals surface area contributed by atoms with Crippen molar-refractivity contribution in [2.45, 2.75) is 19.4 Å². The molecule has 2 aromatic rings. The first-order chi connectivity index (χ1) is 12.5. The second-order valence-corrected chi connectivity index (χ2v) is 5.71. The van der Waals surface area contributed by atoms with Crippen LogP contribution in [0.1, 0.15) is 29.3 Å². The molecule has 0 heterocycles. The molecule has 0 aromatic heterocycles. The van der Waals surface area contributed by atoms with Gasteiger partial charge in [-0.05, 0) is 30.2 Å². The van der Waals surface area contributed by atoms with Gasteiger partial charge in [-0.3, -0.25) is 9.59 Å². The second kappa shape index (κ2) is 9.27. The first-order valence-electron chi connectivity index (χ1n) is 8.29. The Bertz CT molecular complexity index is 788. The topological polar surface area (TPSA) is 102 Å². The quantitative estimate of drug-likeness (QED) is 0.634. The van der Waals surface area contributed by atoms with Crippen LogP contribution in [0.15, 0.2) is 54.6 Å². The number of hydrogen-bond donors (Lipinski definition) is 3. The minimum Gasteiger partial charge on any atom is -0.507 e. The van der Waals surface area contributed by atoms with Gasteiger partial charge < -0.3 is 20.9 Å². The summed E-state index contributed by atoms with van der Waals surface area (Å²) in [7, 11) is 0. The van der Waals surface area contributed by atoms with E-state index in [0.717, 1.165) is 5.56 Å². The normalized spacial score (nSPS) is 11.9. The Hall–Kier alpha value is -3.28. The summed E-state index contributed by atoms with van der Waals surface area (Å²) in [4.78, 5) is 23.1. The van der Waals surface area contributed by atoms with Crippen LogP contribution in [-0.4, -0.2) is 29.6 Å². The lowest BCUT2D eigenvalue weighted by Gasteiger charge is -2.17. The van der Waals surface area contributed by atoms with Crippen LogP contribution in [-0.2, 0) is 4.79 Å². The van der Waals surface area contributed by atoms with E-state index < -0.39 is 5.91 Å². The molecule has 1 atom stereocenters. The van der Waals surface area contributed by atoms with E-state index in [9.17, 15) is 14.7 Å². The first kappa shape index (κ1) is 19.1. The van der Waals surface area contributed by atoms with Crippen molar-refractivity contribution in [2.24, 2.45) is 5.73 Å². The van der Waals surface area contributed by atoms with Gasteiger partial charge >= 0.3 is 0 Å². The summed E-state index contributed by atoms with van der Waals surface area (Å²) >= 11 is 0. The Kier molecular flexibility index (Phi) is 6.79. The lowest BCUT2D eigenvalue weighted by atomic mass is 10.2. The summed E-state index contributed by atoms with van der Waals surface area (Å²) < 4.78 is 5.59. The number of rotatable bonds is 8. The van der Waals surface area contributed by atoms with Crippen LogP contribution < -0.4 is 15.8 Å². The van der Waals surface area contributed by atoms with Gasteiger partial charge in [-0.15, -0.1) is 0 Å². The van der Waals surface area contributed by atoms with E-state index in [0.29, 0.717) is 12.2 Å². The maximum atomic E-state index is 12.0. The molecule has 0 aliphatic carbocycles. The van der Waals surface area contributed by atoms with Crippen LogP contribution in [0.5, 0.6) is 11.5 Å². The van der Waals surface area contributed by atoms with Gasteiger partial charge in [0.1, 0.15) is 18.1 Å². The van der Waals surface area contributed by atoms with E-state index in [1.165, 1.54) is 18.2 Å². The predicted molar refractivity (Wildman–Crippen MR) is 99.8 cm³/mol. The van der Waals surface area contributed by atoms with Crippen molar-refractivity contribution in [3.8, 4) is 11.5 Å². The molecule has 0 aliphatic heterocycles. The number of nitrogens with one attached hydrogen (secondary N) is 1. The number of carbonyl (C=O) groups excluding carboxylic acids is 2. The summed E-state index contributed by atoms with van der Waals surface area (Å²) in [5.74, 6) is -0.771. The van der Waals surface area contributed by atoms with Gasteiger partial charge in [0.2, 0.25) is 5.91 Å². The fraction of sp³-hybridized carbons (Fsp3) is 0.200. The number of hydrogen-bond acceptors (Lipinski definition) is 4. The monoisotopic (exact) mass is 354 g/mol. The lowest BCUT2D eigenvalue weighted by Crippen LogP contribution is -2.37. The Morgan fingerprint density at radius 3 is 2.58 bits per heavy atom. The van der Waals surface area contributed by atoms with Crippen LogP contribution in [0.25, 0.3) is 6.08 Å². The number of carbonyl (C=O) groups is 2. The van der Waals surface area contributed by atoms with Crippen molar-refractivity contribution in [3.05, 3.63) is 65.7 Å². The van der Waals surface area contributed by atoms with E-state index in [4.69, 9.17) is 10.5 Å². The molecular formula is C20H22N2O4. The Morgan fingerprint density at radius 1 is 1.23 bits per heavy atom. The van der Waals surface area contributed by atoms with Gasteiger partial charge in [0, 0.05) is 12.1 Å². The molecule has 0 spiro atoms. The molecule has 136 valence electrons. The van der Waals surface area contributed by atoms with Crippen LogP contribution in [0.2, 0.25) is 0 Å². The molecule has 26 heavy (non-hydrogen) atoms. The fourth-order valence-corrected chi connectivity index (χ4v) is 2.25. The van der Waals surface area contributed by atoms with Gasteiger partial charge in [0.05, 0.1) is 11.6 Å². The van der Waals surface area contributed by atoms with Crippen molar-refractivity contribution in [1.29, 1.82) is 0 Å². The van der Waals surface area contributed by atoms with Crippen molar-refractivity contribution < 1.29 is 19.4 Å². The summed E-state index contributed by atoms with van der Waals surface area (Å²) in [6, 6.07) is 13.6. The predicted octanol–water partition coefficient (Wildman–Crippen LogP) is 2.48. The summed E-state index contributed by atoms with van der Waals surface area (Å²) in [6.45, 7) is 2.17. The highest BCUT2D eigenvalue weighted by atomic mass is 16.5. The Morgan fingerprint density at radius 2 is 1.96 bits per heavy atom. The largest absolute Gasteiger partial charge is 0.507 e. The van der Waals surface area contributed by atoms with E-state index >= 15 is 0 Å². The average molecular weight is 354 g/mol. The molecule has 0 aliphatic rings. The highest BCUT2D eigenvalue weighted by Gasteiger charge is 2.12. The minimum atomic E-state index is -0.710. The van der Waals surface area contributed by atoms with Crippen LogP contribution in [0.3, 0.4) is 0 Å². The van der Waals surface area contributed by atoms with Crippen LogP contribution in [0.4, 0.5) is 0 Å². The summed E-state index contributed by atoms with van der Waals surface area (Å²) in [5, 5.41) is 12.6. The molecule has 2 amide bonds. The van der Waals surface area contributed by atoms with Gasteiger partial charge in [0.15, 0.2) is 0 Å². The van der Waals surface area contributed by atoms with Gasteiger partial charge in [-0.1, -0.05) is 37.3 Å². The van der Waals surface area contributed by atoms with Crippen LogP contribution >= 0.6 is 0 Å². The van der Waals surface area contributed by atoms with Crippen LogP contribution in [0, 0.1) is 0 Å². The van der Waals surface area contributed by atoms with Crippen molar-refractivity contribution in [2.75, 3.05) is 6.61 Å². The first-order valence-corrected chi connectivity index (χ1v) is 8.29. The van der Waals surface area contributed by atoms with Crippen molar-refractivity contribution in [3.63, 3.8) is 0 Å². The second-order valence-electron chi connectivity index (χ2n) is 5.71. The zero-order chi connectivity index (χ0) is 18.9. The summed E-state index contributed by atoms with van der Waals surface area (Å²) in [5.41, 5.74) is 6.11. The maximum Gasteiger partial charge on any atom is 0.252 e. The number of phenols is 1. The molecule has 6 nitrogen and oxygen atoms in total. The zero-order valence-electron chi connectivity index (χ0n) is 14.5. The molecule has 0 saturated heterocycles. The molecule has 4 N–H and O–H groups in total. The number of nitrogens with two attached hydrogens (primary N) is 1. The van der Waals surface area contributed by atoms with Crippen molar-refractivity contribution >= 4 is 17.9 Å². The van der Waals surface area contributed by atoms with Crippen molar-refractivity contribution in [1.82, 2.24) is 5.32 Å². The number of primary amides is 1. The molecule has 0 saturated carbocycles. The summed E-state index contributed by atoms with van der Waals surface area (Å²) in [6.07, 6.45) is 3.89. The number of ether oxygens (including phenoxy) is 1.